The third-order valence-corrected chi connectivity index (χ3v) is 6.77. The maximum Gasteiger partial charge on any atom is 0.416 e. The second-order valence-electron chi connectivity index (χ2n) is 8.56. The Morgan fingerprint density at radius 3 is 2.54 bits per heavy atom. The van der Waals surface area contributed by atoms with E-state index in [9.17, 15) is 23.1 Å². The fourth-order valence-electron chi connectivity index (χ4n) is 5.18. The van der Waals surface area contributed by atoms with Crippen molar-refractivity contribution in [2.45, 2.75) is 63.3 Å². The van der Waals surface area contributed by atoms with Gasteiger partial charge in [-0.15, -0.1) is 0 Å². The fraction of sp³-hybridized carbons (Fsp3) is 0.667. The first kappa shape index (κ1) is 19.6. The molecule has 3 aliphatic rings. The topological polar surface area (TPSA) is 43.8 Å². The van der Waals surface area contributed by atoms with Crippen LogP contribution in [0.1, 0.15) is 50.5 Å². The molecule has 0 radical (unpaired) electrons. The molecule has 1 unspecified atom stereocenters. The predicted octanol–water partition coefficient (Wildman–Crippen LogP) is 3.83. The quantitative estimate of drug-likeness (QED) is 0.826. The van der Waals surface area contributed by atoms with Gasteiger partial charge in [-0.3, -0.25) is 4.79 Å². The van der Waals surface area contributed by atoms with Crippen LogP contribution >= 0.6 is 0 Å². The first-order valence-electron chi connectivity index (χ1n) is 10.2. The summed E-state index contributed by atoms with van der Waals surface area (Å²) in [5.41, 5.74) is -0.589. The van der Waals surface area contributed by atoms with E-state index in [1.54, 1.807) is 6.07 Å². The van der Waals surface area contributed by atoms with Gasteiger partial charge < -0.3 is 14.9 Å². The molecule has 4 nitrogen and oxygen atoms in total. The Bertz CT molecular complexity index is 731. The van der Waals surface area contributed by atoms with Crippen molar-refractivity contribution in [3.63, 3.8) is 0 Å². The summed E-state index contributed by atoms with van der Waals surface area (Å²) < 4.78 is 39.2. The second kappa shape index (κ2) is 7.25. The molecule has 154 valence electrons. The molecule has 0 aromatic heterocycles. The monoisotopic (exact) mass is 396 g/mol. The molecule has 1 aromatic rings. The molecular formula is C21H27F3N2O2. The molecule has 7 heteroatoms. The number of halogens is 3. The fourth-order valence-corrected chi connectivity index (χ4v) is 5.18. The highest BCUT2D eigenvalue weighted by Gasteiger charge is 2.50. The molecule has 2 aliphatic heterocycles. The Balaban J connectivity index is 1.50. The lowest BCUT2D eigenvalue weighted by Gasteiger charge is -2.41. The van der Waals surface area contributed by atoms with Gasteiger partial charge in [-0.2, -0.15) is 13.2 Å². The number of likely N-dealkylation sites (tertiary alicyclic amines) is 1. The molecule has 1 saturated carbocycles. The van der Waals surface area contributed by atoms with E-state index in [2.05, 4.69) is 0 Å². The normalized spacial score (nSPS) is 31.6. The van der Waals surface area contributed by atoms with Gasteiger partial charge in [-0.05, 0) is 63.1 Å². The zero-order valence-corrected chi connectivity index (χ0v) is 15.9. The van der Waals surface area contributed by atoms with Crippen molar-refractivity contribution >= 4 is 11.6 Å². The highest BCUT2D eigenvalue weighted by Crippen LogP contribution is 2.44. The number of amides is 1. The van der Waals surface area contributed by atoms with Crippen molar-refractivity contribution in [2.75, 3.05) is 24.5 Å². The van der Waals surface area contributed by atoms with Gasteiger partial charge in [0.2, 0.25) is 5.91 Å². The van der Waals surface area contributed by atoms with Crippen molar-refractivity contribution in [2.24, 2.45) is 5.41 Å². The zero-order chi connectivity index (χ0) is 19.9. The van der Waals surface area contributed by atoms with Crippen LogP contribution in [0.5, 0.6) is 0 Å². The summed E-state index contributed by atoms with van der Waals surface area (Å²) >= 11 is 0. The number of piperidine rings is 1. The number of nitrogens with zero attached hydrogens (tertiary/aromatic N) is 2. The molecule has 1 aliphatic carbocycles. The lowest BCUT2D eigenvalue weighted by molar-refractivity contribution is -0.139. The van der Waals surface area contributed by atoms with Crippen LogP contribution in [0.3, 0.4) is 0 Å². The van der Waals surface area contributed by atoms with E-state index in [1.807, 2.05) is 9.80 Å². The zero-order valence-electron chi connectivity index (χ0n) is 15.9. The number of carbonyl (C=O) groups is 1. The Morgan fingerprint density at radius 1 is 1.07 bits per heavy atom. The van der Waals surface area contributed by atoms with Crippen molar-refractivity contribution in [1.29, 1.82) is 0 Å². The van der Waals surface area contributed by atoms with Gasteiger partial charge in [-0.25, -0.2) is 0 Å². The third-order valence-electron chi connectivity index (χ3n) is 6.77. The smallest absolute Gasteiger partial charge is 0.393 e. The first-order chi connectivity index (χ1) is 13.3. The molecule has 1 amide bonds. The Hall–Kier alpha value is -1.76. The van der Waals surface area contributed by atoms with E-state index in [4.69, 9.17) is 0 Å². The van der Waals surface area contributed by atoms with Crippen LogP contribution in [0, 0.1) is 5.41 Å². The standard InChI is InChI=1S/C21H27F3N2O2/c22-21(23,24)15-3-1-4-17(13-15)25-11-2-9-20(14-25)10-12-26(19(20)28)16-5-7-18(27)8-6-16/h1,3-4,13,16,18,27H,2,5-12,14H2. The van der Waals surface area contributed by atoms with Gasteiger partial charge in [0, 0.05) is 31.4 Å². The van der Waals surface area contributed by atoms with Crippen molar-refractivity contribution in [1.82, 2.24) is 4.90 Å². The summed E-state index contributed by atoms with van der Waals surface area (Å²) in [4.78, 5) is 17.3. The molecule has 1 spiro atoms. The summed E-state index contributed by atoms with van der Waals surface area (Å²) in [6.07, 6.45) is 0.881. The molecule has 0 bridgehead atoms. The number of rotatable bonds is 2. The molecule has 1 atom stereocenters. The number of alkyl halides is 3. The van der Waals surface area contributed by atoms with Crippen molar-refractivity contribution < 1.29 is 23.1 Å². The van der Waals surface area contributed by atoms with Gasteiger partial charge in [0.15, 0.2) is 0 Å². The van der Waals surface area contributed by atoms with Crippen molar-refractivity contribution in [3.05, 3.63) is 29.8 Å². The van der Waals surface area contributed by atoms with Crippen LogP contribution < -0.4 is 4.90 Å². The summed E-state index contributed by atoms with van der Waals surface area (Å²) in [6, 6.07) is 5.62. The average molecular weight is 396 g/mol. The Morgan fingerprint density at radius 2 is 1.82 bits per heavy atom. The molecule has 3 fully saturated rings. The van der Waals surface area contributed by atoms with Crippen molar-refractivity contribution in [3.8, 4) is 0 Å². The summed E-state index contributed by atoms with van der Waals surface area (Å²) in [5.74, 6) is 0.158. The summed E-state index contributed by atoms with van der Waals surface area (Å²) in [5, 5.41) is 9.73. The first-order valence-corrected chi connectivity index (χ1v) is 10.2. The minimum Gasteiger partial charge on any atom is -0.393 e. The SMILES string of the molecule is O=C1N(C2CCC(O)CC2)CCC12CCCN(c1cccc(C(F)(F)F)c1)C2. The average Bonchev–Trinajstić information content (AvgIpc) is 2.98. The van der Waals surface area contributed by atoms with E-state index in [-0.39, 0.29) is 18.1 Å². The Kier molecular flexibility index (Phi) is 5.06. The highest BCUT2D eigenvalue weighted by molar-refractivity contribution is 5.86. The minimum absolute atomic E-state index is 0.158. The van der Waals surface area contributed by atoms with Gasteiger partial charge in [0.1, 0.15) is 0 Å². The van der Waals surface area contributed by atoms with Gasteiger partial charge in [0.25, 0.3) is 0 Å². The molecular weight excluding hydrogens is 369 g/mol. The van der Waals surface area contributed by atoms with E-state index in [0.717, 1.165) is 57.6 Å². The molecule has 28 heavy (non-hydrogen) atoms. The van der Waals surface area contributed by atoms with Crippen LogP contribution in [0.4, 0.5) is 18.9 Å². The van der Waals surface area contributed by atoms with Crippen LogP contribution in [0.2, 0.25) is 0 Å². The number of aliphatic hydroxyl groups excluding tert-OH is 1. The highest BCUT2D eigenvalue weighted by atomic mass is 19.4. The maximum absolute atomic E-state index is 13.3. The number of benzene rings is 1. The number of carbonyl (C=O) groups excluding carboxylic acids is 1. The molecule has 1 aromatic carbocycles. The summed E-state index contributed by atoms with van der Waals surface area (Å²) in [7, 11) is 0. The number of aliphatic hydroxyl groups is 1. The van der Waals surface area contributed by atoms with E-state index < -0.39 is 17.2 Å². The second-order valence-corrected chi connectivity index (χ2v) is 8.56. The number of anilines is 1. The van der Waals surface area contributed by atoms with Crippen LogP contribution in [0.15, 0.2) is 24.3 Å². The lowest BCUT2D eigenvalue weighted by atomic mass is 9.78. The molecule has 2 heterocycles. The summed E-state index contributed by atoms with van der Waals surface area (Å²) in [6.45, 7) is 1.88. The van der Waals surface area contributed by atoms with E-state index >= 15 is 0 Å². The number of hydrogen-bond acceptors (Lipinski definition) is 3. The molecule has 1 N–H and O–H groups in total. The van der Waals surface area contributed by atoms with Gasteiger partial charge >= 0.3 is 6.18 Å². The van der Waals surface area contributed by atoms with Crippen LogP contribution in [-0.4, -0.2) is 47.7 Å². The van der Waals surface area contributed by atoms with E-state index in [1.165, 1.54) is 12.1 Å². The van der Waals surface area contributed by atoms with E-state index in [0.29, 0.717) is 18.8 Å². The van der Waals surface area contributed by atoms with Crippen LogP contribution in [0.25, 0.3) is 0 Å². The largest absolute Gasteiger partial charge is 0.416 e. The lowest BCUT2D eigenvalue weighted by Crippen LogP contribution is -2.50. The minimum atomic E-state index is -4.37. The molecule has 4 rings (SSSR count). The molecule has 2 saturated heterocycles. The van der Waals surface area contributed by atoms with Crippen LogP contribution in [-0.2, 0) is 11.0 Å². The maximum atomic E-state index is 13.3. The third kappa shape index (κ3) is 3.61. The van der Waals surface area contributed by atoms with Gasteiger partial charge in [0.05, 0.1) is 17.1 Å². The Labute approximate surface area is 163 Å². The number of hydrogen-bond donors (Lipinski definition) is 1. The van der Waals surface area contributed by atoms with Gasteiger partial charge in [-0.1, -0.05) is 6.07 Å². The predicted molar refractivity (Wildman–Crippen MR) is 99.9 cm³/mol.